The fourth-order valence-electron chi connectivity index (χ4n) is 1.19. The van der Waals surface area contributed by atoms with Crippen molar-refractivity contribution in [1.29, 1.82) is 0 Å². The third-order valence-electron chi connectivity index (χ3n) is 1.78. The van der Waals surface area contributed by atoms with Crippen LogP contribution >= 0.6 is 43.2 Å². The number of alkyl halides is 1. The summed E-state index contributed by atoms with van der Waals surface area (Å²) in [6.07, 6.45) is 0. The van der Waals surface area contributed by atoms with Crippen molar-refractivity contribution >= 4 is 53.3 Å². The Hall–Kier alpha value is 0.140. The first kappa shape index (κ1) is 8.73. The summed E-state index contributed by atoms with van der Waals surface area (Å²) in [6.45, 7) is 0. The molecule has 0 fully saturated rings. The van der Waals surface area contributed by atoms with Crippen LogP contribution in [0.1, 0.15) is 5.56 Å². The third kappa shape index (κ3) is 1.34. The molecule has 0 aliphatic rings. The Bertz CT molecular complexity index is 406. The molecule has 0 saturated carbocycles. The molecule has 1 heterocycles. The zero-order valence-corrected chi connectivity index (χ0v) is 10.2. The van der Waals surface area contributed by atoms with Crippen molar-refractivity contribution in [2.24, 2.45) is 0 Å². The summed E-state index contributed by atoms with van der Waals surface area (Å²) < 4.78 is 2.58. The minimum Gasteiger partial charge on any atom is -0.128 e. The van der Waals surface area contributed by atoms with Crippen LogP contribution in [0.5, 0.6) is 0 Å². The van der Waals surface area contributed by atoms with Crippen LogP contribution in [0.3, 0.4) is 0 Å². The molecule has 1 aromatic carbocycles. The van der Waals surface area contributed by atoms with Crippen LogP contribution in [-0.4, -0.2) is 0 Å². The molecule has 2 rings (SSSR count). The van der Waals surface area contributed by atoms with Gasteiger partial charge < -0.3 is 0 Å². The average molecular weight is 306 g/mol. The third-order valence-corrected chi connectivity index (χ3v) is 4.31. The molecule has 2 aromatic rings. The number of benzene rings is 1. The van der Waals surface area contributed by atoms with Crippen LogP contribution in [0.15, 0.2) is 28.1 Å². The molecular weight excluding hydrogens is 300 g/mol. The molecule has 0 N–H and O–H groups in total. The van der Waals surface area contributed by atoms with Crippen LogP contribution < -0.4 is 0 Å². The molecular formula is C9H6Br2S. The van der Waals surface area contributed by atoms with E-state index in [9.17, 15) is 0 Å². The van der Waals surface area contributed by atoms with Gasteiger partial charge in [0.2, 0.25) is 0 Å². The fourth-order valence-corrected chi connectivity index (χ4v) is 4.16. The lowest BCUT2D eigenvalue weighted by Crippen LogP contribution is -1.72. The van der Waals surface area contributed by atoms with Crippen molar-refractivity contribution in [3.8, 4) is 0 Å². The van der Waals surface area contributed by atoms with Gasteiger partial charge in [-0.2, -0.15) is 0 Å². The molecule has 0 saturated heterocycles. The van der Waals surface area contributed by atoms with Crippen LogP contribution in [0, 0.1) is 0 Å². The molecule has 0 atom stereocenters. The Kier molecular flexibility index (Phi) is 2.53. The van der Waals surface area contributed by atoms with E-state index in [-0.39, 0.29) is 0 Å². The van der Waals surface area contributed by atoms with Crippen LogP contribution in [0.2, 0.25) is 0 Å². The average Bonchev–Trinajstić information content (AvgIpc) is 2.40. The summed E-state index contributed by atoms with van der Waals surface area (Å²) in [7, 11) is 0. The molecule has 0 spiro atoms. The molecule has 0 unspecified atom stereocenters. The Morgan fingerprint density at radius 2 is 2.00 bits per heavy atom. The Balaban J connectivity index is 2.81. The van der Waals surface area contributed by atoms with Crippen molar-refractivity contribution in [1.82, 2.24) is 0 Å². The molecule has 0 amide bonds. The predicted octanol–water partition coefficient (Wildman–Crippen LogP) is 4.56. The van der Waals surface area contributed by atoms with E-state index < -0.39 is 0 Å². The van der Waals surface area contributed by atoms with Gasteiger partial charge in [0.15, 0.2) is 0 Å². The number of rotatable bonds is 1. The second kappa shape index (κ2) is 3.48. The highest BCUT2D eigenvalue weighted by molar-refractivity contribution is 9.11. The summed E-state index contributed by atoms with van der Waals surface area (Å²) in [5.41, 5.74) is 1.36. The molecule has 1 aromatic heterocycles. The van der Waals surface area contributed by atoms with E-state index in [4.69, 9.17) is 0 Å². The second-order valence-electron chi connectivity index (χ2n) is 2.48. The first-order valence-electron chi connectivity index (χ1n) is 3.55. The Morgan fingerprint density at radius 1 is 1.25 bits per heavy atom. The summed E-state index contributed by atoms with van der Waals surface area (Å²) in [5.74, 6) is 0. The van der Waals surface area contributed by atoms with Gasteiger partial charge in [-0.05, 0) is 32.9 Å². The highest BCUT2D eigenvalue weighted by atomic mass is 79.9. The van der Waals surface area contributed by atoms with Gasteiger partial charge in [0.05, 0.1) is 3.79 Å². The van der Waals surface area contributed by atoms with Crippen LogP contribution in [0.4, 0.5) is 0 Å². The highest BCUT2D eigenvalue weighted by Crippen LogP contribution is 2.36. The van der Waals surface area contributed by atoms with Gasteiger partial charge in [-0.1, -0.05) is 34.1 Å². The van der Waals surface area contributed by atoms with Gasteiger partial charge in [0.1, 0.15) is 0 Å². The summed E-state index contributed by atoms with van der Waals surface area (Å²) >= 11 is 8.83. The number of hydrogen-bond acceptors (Lipinski definition) is 1. The smallest absolute Gasteiger partial charge is 0.0751 e. The van der Waals surface area contributed by atoms with E-state index in [1.165, 1.54) is 19.4 Å². The molecule has 0 nitrogen and oxygen atoms in total. The summed E-state index contributed by atoms with van der Waals surface area (Å²) in [6, 6.07) is 8.46. The fraction of sp³-hybridized carbons (Fsp3) is 0.111. The maximum Gasteiger partial charge on any atom is 0.0751 e. The lowest BCUT2D eigenvalue weighted by molar-refractivity contribution is 1.52. The van der Waals surface area contributed by atoms with E-state index in [2.05, 4.69) is 56.1 Å². The molecule has 0 aliphatic heterocycles. The minimum absolute atomic E-state index is 0.914. The molecule has 0 radical (unpaired) electrons. The van der Waals surface area contributed by atoms with Crippen molar-refractivity contribution in [3.05, 3.63) is 33.6 Å². The van der Waals surface area contributed by atoms with Gasteiger partial charge >= 0.3 is 0 Å². The number of hydrogen-bond donors (Lipinski definition) is 0. The Morgan fingerprint density at radius 3 is 2.75 bits per heavy atom. The highest BCUT2D eigenvalue weighted by Gasteiger charge is 2.06. The largest absolute Gasteiger partial charge is 0.128 e. The van der Waals surface area contributed by atoms with E-state index >= 15 is 0 Å². The van der Waals surface area contributed by atoms with Gasteiger partial charge in [-0.15, -0.1) is 11.3 Å². The normalized spacial score (nSPS) is 10.8. The maximum absolute atomic E-state index is 3.56. The quantitative estimate of drug-likeness (QED) is 0.678. The molecule has 0 bridgehead atoms. The molecule has 12 heavy (non-hydrogen) atoms. The second-order valence-corrected chi connectivity index (χ2v) is 5.41. The lowest BCUT2D eigenvalue weighted by Gasteiger charge is -1.91. The monoisotopic (exact) mass is 304 g/mol. The first-order valence-corrected chi connectivity index (χ1v) is 6.28. The van der Waals surface area contributed by atoms with Crippen molar-refractivity contribution in [2.45, 2.75) is 5.33 Å². The van der Waals surface area contributed by atoms with Gasteiger partial charge in [-0.3, -0.25) is 0 Å². The molecule has 3 heteroatoms. The first-order chi connectivity index (χ1) is 5.83. The van der Waals surface area contributed by atoms with Gasteiger partial charge in [0.25, 0.3) is 0 Å². The molecule has 0 aliphatic carbocycles. The minimum atomic E-state index is 0.914. The van der Waals surface area contributed by atoms with E-state index in [0.29, 0.717) is 0 Å². The SMILES string of the molecule is BrCc1c(Br)sc2ccccc12. The topological polar surface area (TPSA) is 0 Å². The summed E-state index contributed by atoms with van der Waals surface area (Å²) in [4.78, 5) is 0. The van der Waals surface area contributed by atoms with E-state index in [0.717, 1.165) is 5.33 Å². The van der Waals surface area contributed by atoms with Crippen molar-refractivity contribution in [3.63, 3.8) is 0 Å². The Labute approximate surface area is 91.9 Å². The zero-order valence-electron chi connectivity index (χ0n) is 6.18. The zero-order chi connectivity index (χ0) is 8.55. The van der Waals surface area contributed by atoms with E-state index in [1.54, 1.807) is 11.3 Å². The standard InChI is InChI=1S/C9H6Br2S/c10-5-7-6-3-1-2-4-8(6)12-9(7)11/h1-4H,5H2. The van der Waals surface area contributed by atoms with Crippen molar-refractivity contribution in [2.75, 3.05) is 0 Å². The van der Waals surface area contributed by atoms with E-state index in [1.807, 2.05) is 0 Å². The van der Waals surface area contributed by atoms with Crippen LogP contribution in [-0.2, 0) is 5.33 Å². The van der Waals surface area contributed by atoms with Crippen molar-refractivity contribution < 1.29 is 0 Å². The number of fused-ring (bicyclic) bond motifs is 1. The number of thiophene rings is 1. The van der Waals surface area contributed by atoms with Gasteiger partial charge in [-0.25, -0.2) is 0 Å². The maximum atomic E-state index is 3.56. The predicted molar refractivity (Wildman–Crippen MR) is 62.2 cm³/mol. The summed E-state index contributed by atoms with van der Waals surface area (Å²) in [5, 5.41) is 2.27. The molecule has 62 valence electrons. The lowest BCUT2D eigenvalue weighted by atomic mass is 10.2. The number of halogens is 2. The van der Waals surface area contributed by atoms with Crippen LogP contribution in [0.25, 0.3) is 10.1 Å². The van der Waals surface area contributed by atoms with Gasteiger partial charge in [0, 0.05) is 10.0 Å².